The lowest BCUT2D eigenvalue weighted by molar-refractivity contribution is 0.242. The maximum absolute atomic E-state index is 6.31. The summed E-state index contributed by atoms with van der Waals surface area (Å²) >= 11 is 6.31. The van der Waals surface area contributed by atoms with E-state index >= 15 is 0 Å². The van der Waals surface area contributed by atoms with Gasteiger partial charge < -0.3 is 4.74 Å². The van der Waals surface area contributed by atoms with Gasteiger partial charge in [-0.3, -0.25) is 0 Å². The van der Waals surface area contributed by atoms with Crippen LogP contribution in [0.25, 0.3) is 0 Å². The molecule has 1 aromatic rings. The fourth-order valence-electron chi connectivity index (χ4n) is 1.20. The number of halogens is 1. The van der Waals surface area contributed by atoms with E-state index in [1.54, 1.807) is 0 Å². The van der Waals surface area contributed by atoms with Crippen LogP contribution in [0.3, 0.4) is 0 Å². The molecule has 0 spiro atoms. The molecule has 0 heterocycles. The van der Waals surface area contributed by atoms with Crippen LogP contribution in [-0.2, 0) is 0 Å². The Balaban J connectivity index is 2.79. The molecule has 0 radical (unpaired) electrons. The quantitative estimate of drug-likeness (QED) is 0.571. The standard InChI is InChI=1S/C11H17ClOSi/c1-9(2)13-10-5-7-11(8-6-10)14(3,4)12/h5-9H,1-4H3. The molecule has 0 aromatic heterocycles. The van der Waals surface area contributed by atoms with Crippen molar-refractivity contribution in [3.63, 3.8) is 0 Å². The van der Waals surface area contributed by atoms with Gasteiger partial charge in [-0.2, -0.15) is 11.1 Å². The summed E-state index contributed by atoms with van der Waals surface area (Å²) in [5.41, 5.74) is 0. The molecule has 0 fully saturated rings. The fourth-order valence-corrected chi connectivity index (χ4v) is 2.54. The molecule has 14 heavy (non-hydrogen) atoms. The van der Waals surface area contributed by atoms with Crippen LogP contribution in [0.5, 0.6) is 5.75 Å². The average molecular weight is 229 g/mol. The third-order valence-electron chi connectivity index (χ3n) is 1.91. The van der Waals surface area contributed by atoms with Crippen molar-refractivity contribution < 1.29 is 4.74 Å². The topological polar surface area (TPSA) is 9.23 Å². The molecule has 1 rings (SSSR count). The first-order chi connectivity index (χ1) is 6.39. The van der Waals surface area contributed by atoms with Gasteiger partial charge in [0.15, 0.2) is 7.38 Å². The first-order valence-corrected chi connectivity index (χ1v) is 8.87. The smallest absolute Gasteiger partial charge is 0.180 e. The van der Waals surface area contributed by atoms with Crippen molar-refractivity contribution in [3.8, 4) is 5.75 Å². The van der Waals surface area contributed by atoms with Crippen LogP contribution < -0.4 is 9.92 Å². The highest BCUT2D eigenvalue weighted by molar-refractivity contribution is 7.26. The normalized spacial score (nSPS) is 11.9. The molecular weight excluding hydrogens is 212 g/mol. The zero-order chi connectivity index (χ0) is 10.8. The van der Waals surface area contributed by atoms with Crippen molar-refractivity contribution in [2.75, 3.05) is 0 Å². The van der Waals surface area contributed by atoms with Crippen LogP contribution in [0.2, 0.25) is 13.1 Å². The molecule has 0 atom stereocenters. The summed E-state index contributed by atoms with van der Waals surface area (Å²) in [5.74, 6) is 0.915. The van der Waals surface area contributed by atoms with Gasteiger partial charge in [0.25, 0.3) is 0 Å². The van der Waals surface area contributed by atoms with Crippen LogP contribution in [0, 0.1) is 0 Å². The Morgan fingerprint density at radius 2 is 1.64 bits per heavy atom. The lowest BCUT2D eigenvalue weighted by atomic mass is 10.3. The molecule has 0 saturated carbocycles. The molecule has 3 heteroatoms. The van der Waals surface area contributed by atoms with E-state index in [2.05, 4.69) is 25.2 Å². The molecule has 1 nitrogen and oxygen atoms in total. The number of benzene rings is 1. The molecule has 0 aliphatic carbocycles. The first kappa shape index (κ1) is 11.6. The Bertz CT molecular complexity index is 287. The van der Waals surface area contributed by atoms with Crippen molar-refractivity contribution in [1.29, 1.82) is 0 Å². The Morgan fingerprint density at radius 1 is 1.14 bits per heavy atom. The van der Waals surface area contributed by atoms with Crippen LogP contribution in [-0.4, -0.2) is 13.5 Å². The van der Waals surface area contributed by atoms with E-state index in [1.807, 2.05) is 26.0 Å². The van der Waals surface area contributed by atoms with E-state index in [0.29, 0.717) is 0 Å². The molecule has 0 aliphatic heterocycles. The summed E-state index contributed by atoms with van der Waals surface area (Å²) < 4.78 is 5.55. The van der Waals surface area contributed by atoms with Crippen molar-refractivity contribution in [2.24, 2.45) is 0 Å². The summed E-state index contributed by atoms with van der Waals surface area (Å²) in [6.45, 7) is 8.28. The Kier molecular flexibility index (Phi) is 3.62. The molecule has 0 N–H and O–H groups in total. The molecule has 0 saturated heterocycles. The van der Waals surface area contributed by atoms with Crippen molar-refractivity contribution >= 4 is 23.6 Å². The van der Waals surface area contributed by atoms with E-state index in [9.17, 15) is 0 Å². The fraction of sp³-hybridized carbons (Fsp3) is 0.455. The Morgan fingerprint density at radius 3 is 2.00 bits per heavy atom. The minimum atomic E-state index is -1.68. The molecule has 0 bridgehead atoms. The number of hydrogen-bond acceptors (Lipinski definition) is 1. The number of hydrogen-bond donors (Lipinski definition) is 0. The van der Waals surface area contributed by atoms with Gasteiger partial charge in [0.05, 0.1) is 6.10 Å². The lowest BCUT2D eigenvalue weighted by Crippen LogP contribution is -2.34. The Labute approximate surface area is 91.8 Å². The second-order valence-corrected chi connectivity index (χ2v) is 10.5. The maximum atomic E-state index is 6.31. The number of ether oxygens (including phenoxy) is 1. The third-order valence-corrected chi connectivity index (χ3v) is 4.27. The highest BCUT2D eigenvalue weighted by atomic mass is 35.6. The largest absolute Gasteiger partial charge is 0.491 e. The highest BCUT2D eigenvalue weighted by Crippen LogP contribution is 2.14. The lowest BCUT2D eigenvalue weighted by Gasteiger charge is -2.15. The first-order valence-electron chi connectivity index (χ1n) is 4.85. The summed E-state index contributed by atoms with van der Waals surface area (Å²) in [6.07, 6.45) is 0.224. The van der Waals surface area contributed by atoms with Crippen molar-refractivity contribution in [3.05, 3.63) is 24.3 Å². The SMILES string of the molecule is CC(C)Oc1ccc([Si](C)(C)Cl)cc1. The van der Waals surface area contributed by atoms with E-state index in [-0.39, 0.29) is 6.10 Å². The average Bonchev–Trinajstić information content (AvgIpc) is 2.02. The predicted octanol–water partition coefficient (Wildman–Crippen LogP) is 3.12. The van der Waals surface area contributed by atoms with Crippen LogP contribution >= 0.6 is 11.1 Å². The molecule has 78 valence electrons. The van der Waals surface area contributed by atoms with Crippen molar-refractivity contribution in [2.45, 2.75) is 33.0 Å². The molecule has 0 aliphatic rings. The van der Waals surface area contributed by atoms with Gasteiger partial charge in [-0.05, 0) is 31.2 Å². The van der Waals surface area contributed by atoms with Gasteiger partial charge in [-0.1, -0.05) is 25.2 Å². The van der Waals surface area contributed by atoms with Gasteiger partial charge in [0.2, 0.25) is 0 Å². The zero-order valence-electron chi connectivity index (χ0n) is 9.17. The summed E-state index contributed by atoms with van der Waals surface area (Å²) in [6, 6.07) is 8.12. The van der Waals surface area contributed by atoms with Crippen LogP contribution in [0.4, 0.5) is 0 Å². The van der Waals surface area contributed by atoms with Crippen LogP contribution in [0.1, 0.15) is 13.8 Å². The monoisotopic (exact) mass is 228 g/mol. The van der Waals surface area contributed by atoms with E-state index < -0.39 is 7.38 Å². The molecular formula is C11H17ClOSi. The Hall–Kier alpha value is -0.473. The second kappa shape index (κ2) is 4.37. The second-order valence-electron chi connectivity index (χ2n) is 4.16. The maximum Gasteiger partial charge on any atom is 0.180 e. The summed E-state index contributed by atoms with van der Waals surface area (Å²) in [4.78, 5) is 0. The number of rotatable bonds is 3. The van der Waals surface area contributed by atoms with Gasteiger partial charge in [-0.15, -0.1) is 0 Å². The minimum Gasteiger partial charge on any atom is -0.491 e. The van der Waals surface area contributed by atoms with Gasteiger partial charge in [0.1, 0.15) is 5.75 Å². The van der Waals surface area contributed by atoms with E-state index in [4.69, 9.17) is 15.8 Å². The predicted molar refractivity (Wildman–Crippen MR) is 65.2 cm³/mol. The molecule has 0 amide bonds. The molecule has 0 unspecified atom stereocenters. The summed E-state index contributed by atoms with van der Waals surface area (Å²) in [7, 11) is -1.68. The van der Waals surface area contributed by atoms with Crippen molar-refractivity contribution in [1.82, 2.24) is 0 Å². The van der Waals surface area contributed by atoms with Gasteiger partial charge in [0, 0.05) is 0 Å². The van der Waals surface area contributed by atoms with Crippen LogP contribution in [0.15, 0.2) is 24.3 Å². The third kappa shape index (κ3) is 3.35. The van der Waals surface area contributed by atoms with Gasteiger partial charge >= 0.3 is 0 Å². The summed E-state index contributed by atoms with van der Waals surface area (Å²) in [5, 5.41) is 1.25. The van der Waals surface area contributed by atoms with E-state index in [0.717, 1.165) is 5.75 Å². The van der Waals surface area contributed by atoms with Gasteiger partial charge in [-0.25, -0.2) is 0 Å². The molecule has 1 aromatic carbocycles. The zero-order valence-corrected chi connectivity index (χ0v) is 10.9. The highest BCUT2D eigenvalue weighted by Gasteiger charge is 2.19. The van der Waals surface area contributed by atoms with E-state index in [1.165, 1.54) is 5.19 Å². The minimum absolute atomic E-state index is 0.224.